The van der Waals surface area contributed by atoms with Crippen LogP contribution in [0.2, 0.25) is 0 Å². The molecular weight excluding hydrogens is 385 g/mol. The SMILES string of the molecule is O=c1c2ccccc2c2nc3ccc(O)cn3c2n1-c1ccc(C(F)(F)F)nc1. The Kier molecular flexibility index (Phi) is 3.45. The molecule has 0 bridgehead atoms. The molecule has 0 unspecified atom stereocenters. The highest BCUT2D eigenvalue weighted by Gasteiger charge is 2.32. The Balaban J connectivity index is 1.95. The van der Waals surface area contributed by atoms with Crippen LogP contribution in [0.25, 0.3) is 33.3 Å². The van der Waals surface area contributed by atoms with Crippen LogP contribution in [0, 0.1) is 0 Å². The lowest BCUT2D eigenvalue weighted by Crippen LogP contribution is -2.20. The average molecular weight is 396 g/mol. The van der Waals surface area contributed by atoms with Crippen LogP contribution in [0.1, 0.15) is 5.69 Å². The maximum Gasteiger partial charge on any atom is 0.433 e. The molecule has 0 radical (unpaired) electrons. The normalized spacial score (nSPS) is 12.2. The Morgan fingerprint density at radius 3 is 2.41 bits per heavy atom. The number of nitrogens with zero attached hydrogens (tertiary/aromatic N) is 4. The minimum absolute atomic E-state index is 0.0468. The summed E-state index contributed by atoms with van der Waals surface area (Å²) in [6, 6.07) is 11.9. The van der Waals surface area contributed by atoms with Crippen LogP contribution < -0.4 is 5.56 Å². The molecule has 29 heavy (non-hydrogen) atoms. The van der Waals surface area contributed by atoms with Crippen molar-refractivity contribution >= 4 is 27.6 Å². The van der Waals surface area contributed by atoms with Gasteiger partial charge in [0, 0.05) is 10.8 Å². The van der Waals surface area contributed by atoms with Crippen LogP contribution in [0.4, 0.5) is 13.2 Å². The van der Waals surface area contributed by atoms with Crippen LogP contribution in [-0.4, -0.2) is 24.0 Å². The van der Waals surface area contributed by atoms with E-state index in [0.717, 1.165) is 12.3 Å². The predicted molar refractivity (Wildman–Crippen MR) is 100 cm³/mol. The molecule has 0 aliphatic rings. The zero-order valence-corrected chi connectivity index (χ0v) is 14.6. The highest BCUT2D eigenvalue weighted by molar-refractivity contribution is 6.04. The van der Waals surface area contributed by atoms with Crippen molar-refractivity contribution in [1.29, 1.82) is 0 Å². The van der Waals surface area contributed by atoms with Crippen molar-refractivity contribution in [2.24, 2.45) is 0 Å². The number of halogens is 3. The summed E-state index contributed by atoms with van der Waals surface area (Å²) in [5.74, 6) is -0.0468. The second kappa shape index (κ2) is 5.81. The number of benzene rings is 1. The second-order valence-corrected chi connectivity index (χ2v) is 6.49. The Morgan fingerprint density at radius 2 is 1.72 bits per heavy atom. The van der Waals surface area contributed by atoms with E-state index in [0.29, 0.717) is 27.6 Å². The molecule has 1 aromatic carbocycles. The van der Waals surface area contributed by atoms with Crippen molar-refractivity contribution in [3.8, 4) is 11.4 Å². The monoisotopic (exact) mass is 396 g/mol. The van der Waals surface area contributed by atoms with Gasteiger partial charge >= 0.3 is 6.18 Å². The van der Waals surface area contributed by atoms with E-state index in [1.165, 1.54) is 27.3 Å². The third kappa shape index (κ3) is 2.54. The molecule has 6 nitrogen and oxygen atoms in total. The molecule has 0 fully saturated rings. The fraction of sp³-hybridized carbons (Fsp3) is 0.0500. The minimum atomic E-state index is -4.59. The summed E-state index contributed by atoms with van der Waals surface area (Å²) in [4.78, 5) is 21.3. The fourth-order valence-corrected chi connectivity index (χ4v) is 3.43. The first kappa shape index (κ1) is 17.2. The third-order valence-electron chi connectivity index (χ3n) is 4.70. The van der Waals surface area contributed by atoms with E-state index in [1.807, 2.05) is 0 Å². The number of fused-ring (bicyclic) bond motifs is 5. The van der Waals surface area contributed by atoms with E-state index < -0.39 is 17.4 Å². The van der Waals surface area contributed by atoms with Gasteiger partial charge < -0.3 is 5.11 Å². The lowest BCUT2D eigenvalue weighted by Gasteiger charge is -2.12. The van der Waals surface area contributed by atoms with Gasteiger partial charge in [0.05, 0.1) is 18.1 Å². The molecule has 4 aromatic heterocycles. The summed E-state index contributed by atoms with van der Waals surface area (Å²) in [5, 5.41) is 10.9. The molecule has 0 amide bonds. The zero-order chi connectivity index (χ0) is 20.3. The van der Waals surface area contributed by atoms with Gasteiger partial charge in [0.15, 0.2) is 5.65 Å². The number of pyridine rings is 3. The number of imidazole rings is 1. The van der Waals surface area contributed by atoms with Gasteiger partial charge in [-0.15, -0.1) is 0 Å². The molecule has 5 aromatic rings. The quantitative estimate of drug-likeness (QED) is 0.466. The maximum absolute atomic E-state index is 13.3. The van der Waals surface area contributed by atoms with Gasteiger partial charge in [-0.2, -0.15) is 13.2 Å². The topological polar surface area (TPSA) is 72.4 Å². The molecule has 9 heteroatoms. The average Bonchev–Trinajstić information content (AvgIpc) is 3.07. The highest BCUT2D eigenvalue weighted by atomic mass is 19.4. The predicted octanol–water partition coefficient (Wildman–Crippen LogP) is 3.91. The highest BCUT2D eigenvalue weighted by Crippen LogP contribution is 2.29. The molecule has 0 aliphatic carbocycles. The molecule has 4 heterocycles. The van der Waals surface area contributed by atoms with Gasteiger partial charge in [0.2, 0.25) is 0 Å². The number of alkyl halides is 3. The van der Waals surface area contributed by atoms with E-state index in [4.69, 9.17) is 0 Å². The fourth-order valence-electron chi connectivity index (χ4n) is 3.43. The molecule has 144 valence electrons. The Bertz CT molecular complexity index is 1470. The molecular formula is C20H11F3N4O2. The van der Waals surface area contributed by atoms with Crippen LogP contribution in [-0.2, 0) is 6.18 Å². The number of hydrogen-bond donors (Lipinski definition) is 1. The molecule has 5 rings (SSSR count). The summed E-state index contributed by atoms with van der Waals surface area (Å²) in [7, 11) is 0. The largest absolute Gasteiger partial charge is 0.506 e. The molecule has 0 atom stereocenters. The zero-order valence-electron chi connectivity index (χ0n) is 14.6. The van der Waals surface area contributed by atoms with Crippen LogP contribution in [0.15, 0.2) is 65.7 Å². The lowest BCUT2D eigenvalue weighted by molar-refractivity contribution is -0.141. The number of hydrogen-bond acceptors (Lipinski definition) is 4. The minimum Gasteiger partial charge on any atom is -0.506 e. The molecule has 0 saturated heterocycles. The number of aromatic nitrogens is 4. The molecule has 1 N–H and O–H groups in total. The first-order chi connectivity index (χ1) is 13.8. The summed E-state index contributed by atoms with van der Waals surface area (Å²) in [5.41, 5.74) is -0.0557. The van der Waals surface area contributed by atoms with Crippen molar-refractivity contribution < 1.29 is 18.3 Å². The van der Waals surface area contributed by atoms with E-state index >= 15 is 0 Å². The summed E-state index contributed by atoms with van der Waals surface area (Å²) in [6.07, 6.45) is -2.19. The van der Waals surface area contributed by atoms with Crippen molar-refractivity contribution in [1.82, 2.24) is 18.9 Å². The van der Waals surface area contributed by atoms with E-state index in [2.05, 4.69) is 9.97 Å². The smallest absolute Gasteiger partial charge is 0.433 e. The Labute approximate surface area is 160 Å². The number of rotatable bonds is 1. The van der Waals surface area contributed by atoms with Gasteiger partial charge in [-0.05, 0) is 30.3 Å². The van der Waals surface area contributed by atoms with Crippen LogP contribution in [0.3, 0.4) is 0 Å². The Hall–Kier alpha value is -3.88. The number of aromatic hydroxyl groups is 1. The second-order valence-electron chi connectivity index (χ2n) is 6.49. The van der Waals surface area contributed by atoms with E-state index in [1.54, 1.807) is 30.3 Å². The van der Waals surface area contributed by atoms with Gasteiger partial charge in [-0.25, -0.2) is 9.97 Å². The molecule has 0 saturated carbocycles. The lowest BCUT2D eigenvalue weighted by atomic mass is 10.1. The third-order valence-corrected chi connectivity index (χ3v) is 4.70. The van der Waals surface area contributed by atoms with Crippen molar-refractivity contribution in [2.75, 3.05) is 0 Å². The van der Waals surface area contributed by atoms with Crippen LogP contribution in [0.5, 0.6) is 5.75 Å². The molecule has 0 aliphatic heterocycles. The summed E-state index contributed by atoms with van der Waals surface area (Å²) < 4.78 is 41.5. The van der Waals surface area contributed by atoms with Crippen LogP contribution >= 0.6 is 0 Å². The van der Waals surface area contributed by atoms with Crippen molar-refractivity contribution in [2.45, 2.75) is 6.18 Å². The van der Waals surface area contributed by atoms with E-state index in [9.17, 15) is 23.1 Å². The van der Waals surface area contributed by atoms with Gasteiger partial charge in [-0.1, -0.05) is 18.2 Å². The van der Waals surface area contributed by atoms with Crippen molar-refractivity contribution in [3.05, 3.63) is 77.0 Å². The first-order valence-corrected chi connectivity index (χ1v) is 8.53. The summed E-state index contributed by atoms with van der Waals surface area (Å²) >= 11 is 0. The van der Waals surface area contributed by atoms with Gasteiger partial charge in [0.25, 0.3) is 5.56 Å². The van der Waals surface area contributed by atoms with Crippen molar-refractivity contribution in [3.63, 3.8) is 0 Å². The first-order valence-electron chi connectivity index (χ1n) is 8.53. The maximum atomic E-state index is 13.3. The summed E-state index contributed by atoms with van der Waals surface area (Å²) in [6.45, 7) is 0. The van der Waals surface area contributed by atoms with E-state index in [-0.39, 0.29) is 11.4 Å². The Morgan fingerprint density at radius 1 is 0.966 bits per heavy atom. The van der Waals surface area contributed by atoms with Gasteiger partial charge in [-0.3, -0.25) is 13.8 Å². The van der Waals surface area contributed by atoms with Gasteiger partial charge in [0.1, 0.15) is 22.6 Å². The standard InChI is InChI=1S/C20H11F3N4O2/c21-20(22,23)15-7-5-11(9-24-15)27-18-17(13-3-1-2-4-14(13)19(27)29)25-16-8-6-12(28)10-26(16)18/h1-10,28H. The molecule has 0 spiro atoms.